The highest BCUT2D eigenvalue weighted by Crippen LogP contribution is 2.24. The summed E-state index contributed by atoms with van der Waals surface area (Å²) in [6.45, 7) is 0.689. The lowest BCUT2D eigenvalue weighted by Crippen LogP contribution is -2.75. The molecular formula is C18H25N5O3S. The minimum absolute atomic E-state index is 0.0678. The number of carbonyl (C=O) groups excluding carboxylic acids is 3. The van der Waals surface area contributed by atoms with Crippen molar-refractivity contribution in [2.24, 2.45) is 0 Å². The quantitative estimate of drug-likeness (QED) is 0.762. The molecule has 0 aliphatic carbocycles. The number of nitrogens with zero attached hydrogens (tertiary/aromatic N) is 3. The van der Waals surface area contributed by atoms with Gasteiger partial charge in [-0.1, -0.05) is 30.3 Å². The van der Waals surface area contributed by atoms with Gasteiger partial charge in [-0.25, -0.2) is 14.8 Å². The molecule has 2 fully saturated rings. The van der Waals surface area contributed by atoms with Gasteiger partial charge >= 0.3 is 6.03 Å². The lowest BCUT2D eigenvalue weighted by atomic mass is 10.1. The molecule has 0 radical (unpaired) electrons. The molecule has 2 aliphatic heterocycles. The van der Waals surface area contributed by atoms with Gasteiger partial charge in [0.25, 0.3) is 0 Å². The summed E-state index contributed by atoms with van der Waals surface area (Å²) in [5.74, 6) is 0.489. The van der Waals surface area contributed by atoms with Gasteiger partial charge in [0.05, 0.1) is 13.1 Å². The van der Waals surface area contributed by atoms with Crippen LogP contribution in [0.5, 0.6) is 0 Å². The van der Waals surface area contributed by atoms with E-state index in [4.69, 9.17) is 0 Å². The van der Waals surface area contributed by atoms with E-state index in [9.17, 15) is 14.4 Å². The van der Waals surface area contributed by atoms with Crippen molar-refractivity contribution in [2.75, 3.05) is 32.1 Å². The minimum Gasteiger partial charge on any atom is -0.350 e. The van der Waals surface area contributed by atoms with Crippen molar-refractivity contribution in [2.45, 2.75) is 25.2 Å². The number of fused-ring (bicyclic) bond motifs is 1. The maximum Gasteiger partial charge on any atom is 0.334 e. The lowest BCUT2D eigenvalue weighted by molar-refractivity contribution is -0.177. The molecule has 3 rings (SSSR count). The van der Waals surface area contributed by atoms with Gasteiger partial charge in [-0.3, -0.25) is 9.59 Å². The summed E-state index contributed by atoms with van der Waals surface area (Å²) < 4.78 is 0. The highest BCUT2D eigenvalue weighted by atomic mass is 32.2. The van der Waals surface area contributed by atoms with Gasteiger partial charge in [-0.15, -0.1) is 0 Å². The van der Waals surface area contributed by atoms with Crippen molar-refractivity contribution < 1.29 is 14.4 Å². The number of hydrogen-bond donors (Lipinski definition) is 2. The number of thioether (sulfide) groups is 1. The summed E-state index contributed by atoms with van der Waals surface area (Å²) in [6, 6.07) is 8.81. The molecule has 2 N–H and O–H groups in total. The van der Waals surface area contributed by atoms with Gasteiger partial charge < -0.3 is 15.5 Å². The molecule has 1 aromatic rings. The molecule has 2 aliphatic rings. The van der Waals surface area contributed by atoms with Crippen LogP contribution < -0.4 is 10.6 Å². The molecule has 8 nitrogen and oxygen atoms in total. The van der Waals surface area contributed by atoms with E-state index in [2.05, 4.69) is 10.6 Å². The first kappa shape index (κ1) is 19.5. The Hall–Kier alpha value is -2.26. The molecule has 1 aromatic carbocycles. The molecule has 0 saturated carbocycles. The Morgan fingerprint density at radius 3 is 2.74 bits per heavy atom. The number of urea groups is 1. The molecule has 0 aromatic heterocycles. The Morgan fingerprint density at radius 1 is 1.30 bits per heavy atom. The van der Waals surface area contributed by atoms with E-state index in [1.165, 1.54) is 5.01 Å². The molecule has 2 atom stereocenters. The van der Waals surface area contributed by atoms with Crippen LogP contribution >= 0.6 is 11.8 Å². The smallest absolute Gasteiger partial charge is 0.334 e. The standard InChI is InChI=1S/C18H25N5O3S/c1-21-12-16(24)22-14(8-9-27-2)17(25)19-11-15(22)23(21)18(26)20-10-13-6-4-3-5-7-13/h3-7,14-15H,8-12H2,1-2H3,(H,19,25)(H,20,26)/t14-,15?/m0/s1. The number of likely N-dealkylation sites (N-methyl/N-ethyl adjacent to an activating group) is 1. The fourth-order valence-electron chi connectivity index (χ4n) is 3.51. The van der Waals surface area contributed by atoms with Gasteiger partial charge in [0.15, 0.2) is 0 Å². The van der Waals surface area contributed by atoms with E-state index in [1.807, 2.05) is 36.6 Å². The Bertz CT molecular complexity index is 701. The zero-order valence-electron chi connectivity index (χ0n) is 15.6. The second-order valence-electron chi connectivity index (χ2n) is 6.63. The number of nitrogens with one attached hydrogen (secondary N) is 2. The average Bonchev–Trinajstić information content (AvgIpc) is 2.66. The van der Waals surface area contributed by atoms with Gasteiger partial charge in [0.1, 0.15) is 12.2 Å². The predicted molar refractivity (Wildman–Crippen MR) is 104 cm³/mol. The van der Waals surface area contributed by atoms with Crippen LogP contribution in [0.2, 0.25) is 0 Å². The van der Waals surface area contributed by atoms with Crippen LogP contribution in [0.25, 0.3) is 0 Å². The van der Waals surface area contributed by atoms with E-state index in [0.717, 1.165) is 11.3 Å². The monoisotopic (exact) mass is 391 g/mol. The topological polar surface area (TPSA) is 85.0 Å². The number of rotatable bonds is 5. The van der Waals surface area contributed by atoms with E-state index < -0.39 is 12.2 Å². The maximum atomic E-state index is 12.9. The SMILES string of the molecule is CSCC[C@H]1C(=O)NCC2N1C(=O)CN(C)N2C(=O)NCc1ccccc1. The summed E-state index contributed by atoms with van der Waals surface area (Å²) in [5, 5.41) is 8.91. The first-order valence-corrected chi connectivity index (χ1v) is 10.3. The predicted octanol–water partition coefficient (Wildman–Crippen LogP) is 0.465. The number of benzene rings is 1. The van der Waals surface area contributed by atoms with E-state index in [-0.39, 0.29) is 30.9 Å². The Morgan fingerprint density at radius 2 is 2.04 bits per heavy atom. The molecule has 9 heteroatoms. The zero-order valence-corrected chi connectivity index (χ0v) is 16.4. The highest BCUT2D eigenvalue weighted by molar-refractivity contribution is 7.98. The van der Waals surface area contributed by atoms with E-state index in [0.29, 0.717) is 13.0 Å². The number of hydrogen-bond acceptors (Lipinski definition) is 5. The van der Waals surface area contributed by atoms with E-state index >= 15 is 0 Å². The van der Waals surface area contributed by atoms with Gasteiger partial charge in [0.2, 0.25) is 11.8 Å². The molecule has 146 valence electrons. The fourth-order valence-corrected chi connectivity index (χ4v) is 3.97. The van der Waals surface area contributed by atoms with Gasteiger partial charge in [-0.05, 0) is 24.0 Å². The Labute approximate surface area is 163 Å². The van der Waals surface area contributed by atoms with Crippen LogP contribution in [0.3, 0.4) is 0 Å². The molecule has 2 heterocycles. The molecule has 4 amide bonds. The number of amides is 4. The van der Waals surface area contributed by atoms with Crippen molar-refractivity contribution in [3.05, 3.63) is 35.9 Å². The third kappa shape index (κ3) is 4.19. The summed E-state index contributed by atoms with van der Waals surface area (Å²) >= 11 is 1.63. The van der Waals surface area contributed by atoms with Gasteiger partial charge in [-0.2, -0.15) is 11.8 Å². The lowest BCUT2D eigenvalue weighted by Gasteiger charge is -2.52. The molecule has 2 saturated heterocycles. The molecule has 0 bridgehead atoms. The van der Waals surface area contributed by atoms with Crippen LogP contribution in [-0.4, -0.2) is 77.1 Å². The molecule has 0 spiro atoms. The van der Waals surface area contributed by atoms with Crippen molar-refractivity contribution in [3.8, 4) is 0 Å². The number of carbonyl (C=O) groups is 3. The second kappa shape index (κ2) is 8.62. The molecular weight excluding hydrogens is 366 g/mol. The number of hydrazine groups is 1. The maximum absolute atomic E-state index is 12.9. The molecule has 1 unspecified atom stereocenters. The fraction of sp³-hybridized carbons (Fsp3) is 0.500. The largest absolute Gasteiger partial charge is 0.350 e. The first-order chi connectivity index (χ1) is 13.0. The van der Waals surface area contributed by atoms with Crippen LogP contribution in [-0.2, 0) is 16.1 Å². The first-order valence-electron chi connectivity index (χ1n) is 8.92. The normalized spacial score (nSPS) is 23.0. The summed E-state index contributed by atoms with van der Waals surface area (Å²) in [5.41, 5.74) is 0.994. The zero-order chi connectivity index (χ0) is 19.4. The average molecular weight is 391 g/mol. The van der Waals surface area contributed by atoms with Crippen LogP contribution in [0.1, 0.15) is 12.0 Å². The van der Waals surface area contributed by atoms with Crippen molar-refractivity contribution in [3.63, 3.8) is 0 Å². The number of piperazine rings is 1. The summed E-state index contributed by atoms with van der Waals surface area (Å²) in [6.07, 6.45) is 2.02. The summed E-state index contributed by atoms with van der Waals surface area (Å²) in [7, 11) is 1.71. The minimum atomic E-state index is -0.540. The molecule has 27 heavy (non-hydrogen) atoms. The van der Waals surface area contributed by atoms with Crippen LogP contribution in [0.15, 0.2) is 30.3 Å². The third-order valence-electron chi connectivity index (χ3n) is 4.81. The Balaban J connectivity index is 1.75. The van der Waals surface area contributed by atoms with Crippen LogP contribution in [0, 0.1) is 0 Å². The van der Waals surface area contributed by atoms with Crippen molar-refractivity contribution in [1.82, 2.24) is 25.6 Å². The van der Waals surface area contributed by atoms with Gasteiger partial charge in [0, 0.05) is 13.6 Å². The van der Waals surface area contributed by atoms with Crippen molar-refractivity contribution in [1.29, 1.82) is 0 Å². The van der Waals surface area contributed by atoms with Crippen LogP contribution in [0.4, 0.5) is 4.79 Å². The summed E-state index contributed by atoms with van der Waals surface area (Å²) in [4.78, 5) is 39.4. The highest BCUT2D eigenvalue weighted by Gasteiger charge is 2.47. The third-order valence-corrected chi connectivity index (χ3v) is 5.45. The van der Waals surface area contributed by atoms with E-state index in [1.54, 1.807) is 28.7 Å². The second-order valence-corrected chi connectivity index (χ2v) is 7.61. The van der Waals surface area contributed by atoms with Crippen molar-refractivity contribution >= 4 is 29.6 Å². The Kier molecular flexibility index (Phi) is 6.22.